The number of esters is 2. The number of ether oxygens (including phenoxy) is 2. The third kappa shape index (κ3) is 2.26. The Morgan fingerprint density at radius 2 is 1.53 bits per heavy atom. The molecule has 1 spiro atoms. The average Bonchev–Trinajstić information content (AvgIpc) is 2.83. The lowest BCUT2D eigenvalue weighted by Crippen LogP contribution is -2.44. The van der Waals surface area contributed by atoms with Gasteiger partial charge in [-0.05, 0) is 24.5 Å². The molecule has 1 saturated heterocycles. The van der Waals surface area contributed by atoms with E-state index in [-0.39, 0.29) is 5.57 Å². The Kier molecular flexibility index (Phi) is 2.85. The van der Waals surface area contributed by atoms with E-state index in [0.717, 1.165) is 18.4 Å². The molecule has 1 aromatic rings. The van der Waals surface area contributed by atoms with Crippen molar-refractivity contribution in [3.8, 4) is 0 Å². The molecule has 3 rings (SSSR count). The zero-order valence-electron chi connectivity index (χ0n) is 10.4. The number of hydrogen-bond acceptors (Lipinski definition) is 4. The van der Waals surface area contributed by atoms with Crippen molar-refractivity contribution in [3.05, 3.63) is 41.5 Å². The Morgan fingerprint density at radius 3 is 2.11 bits per heavy atom. The Labute approximate surface area is 111 Å². The molecular weight excluding hydrogens is 244 g/mol. The van der Waals surface area contributed by atoms with Gasteiger partial charge in [0.05, 0.1) is 0 Å². The van der Waals surface area contributed by atoms with E-state index in [1.165, 1.54) is 6.08 Å². The fraction of sp³-hybridized carbons (Fsp3) is 0.333. The topological polar surface area (TPSA) is 52.6 Å². The molecule has 1 aliphatic heterocycles. The maximum atomic E-state index is 12.0. The van der Waals surface area contributed by atoms with E-state index in [2.05, 4.69) is 0 Å². The van der Waals surface area contributed by atoms with Crippen molar-refractivity contribution in [1.82, 2.24) is 0 Å². The summed E-state index contributed by atoms with van der Waals surface area (Å²) < 4.78 is 10.7. The Morgan fingerprint density at radius 1 is 0.947 bits per heavy atom. The van der Waals surface area contributed by atoms with Gasteiger partial charge in [-0.3, -0.25) is 0 Å². The first-order valence-corrected chi connectivity index (χ1v) is 6.42. The molecule has 0 aromatic heterocycles. The summed E-state index contributed by atoms with van der Waals surface area (Å²) in [4.78, 5) is 24.0. The van der Waals surface area contributed by atoms with Crippen molar-refractivity contribution < 1.29 is 19.1 Å². The van der Waals surface area contributed by atoms with Gasteiger partial charge in [0.1, 0.15) is 5.57 Å². The molecule has 1 aromatic carbocycles. The van der Waals surface area contributed by atoms with Crippen LogP contribution >= 0.6 is 0 Å². The number of benzene rings is 1. The summed E-state index contributed by atoms with van der Waals surface area (Å²) in [6.45, 7) is 0. The molecule has 0 radical (unpaired) electrons. The minimum absolute atomic E-state index is 0.0382. The van der Waals surface area contributed by atoms with Gasteiger partial charge in [0.15, 0.2) is 0 Å². The lowest BCUT2D eigenvalue weighted by atomic mass is 10.1. The number of carbonyl (C=O) groups excluding carboxylic acids is 2. The quantitative estimate of drug-likeness (QED) is 0.441. The second-order valence-corrected chi connectivity index (χ2v) is 4.87. The van der Waals surface area contributed by atoms with Crippen molar-refractivity contribution in [3.63, 3.8) is 0 Å². The van der Waals surface area contributed by atoms with Crippen LogP contribution in [0.15, 0.2) is 35.9 Å². The van der Waals surface area contributed by atoms with Crippen LogP contribution in [0.3, 0.4) is 0 Å². The van der Waals surface area contributed by atoms with Gasteiger partial charge in [0.2, 0.25) is 0 Å². The van der Waals surface area contributed by atoms with Gasteiger partial charge < -0.3 is 9.47 Å². The normalized spacial score (nSPS) is 21.2. The smallest absolute Gasteiger partial charge is 0.348 e. The van der Waals surface area contributed by atoms with Crippen molar-refractivity contribution in [1.29, 1.82) is 0 Å². The molecular formula is C15H14O4. The van der Waals surface area contributed by atoms with Crippen LogP contribution in [0.2, 0.25) is 0 Å². The van der Waals surface area contributed by atoms with Gasteiger partial charge in [-0.25, -0.2) is 9.59 Å². The van der Waals surface area contributed by atoms with Crippen molar-refractivity contribution in [2.75, 3.05) is 0 Å². The van der Waals surface area contributed by atoms with Gasteiger partial charge in [-0.1, -0.05) is 30.3 Å². The van der Waals surface area contributed by atoms with Crippen LogP contribution in [-0.2, 0) is 19.1 Å². The third-order valence-electron chi connectivity index (χ3n) is 3.47. The van der Waals surface area contributed by atoms with Crippen LogP contribution in [0.5, 0.6) is 0 Å². The molecule has 1 saturated carbocycles. The summed E-state index contributed by atoms with van der Waals surface area (Å²) >= 11 is 0. The van der Waals surface area contributed by atoms with E-state index in [4.69, 9.17) is 9.47 Å². The van der Waals surface area contributed by atoms with Crippen LogP contribution < -0.4 is 0 Å². The monoisotopic (exact) mass is 258 g/mol. The number of hydrogen-bond donors (Lipinski definition) is 0. The Hall–Kier alpha value is -2.10. The Balaban J connectivity index is 1.87. The van der Waals surface area contributed by atoms with E-state index >= 15 is 0 Å². The summed E-state index contributed by atoms with van der Waals surface area (Å²) in [6, 6.07) is 9.17. The SMILES string of the molecule is O=C1OC2(CCCC2)OC(=O)C1=Cc1ccccc1. The second-order valence-electron chi connectivity index (χ2n) is 4.87. The molecule has 19 heavy (non-hydrogen) atoms. The first-order valence-electron chi connectivity index (χ1n) is 6.42. The molecule has 4 heteroatoms. The predicted molar refractivity (Wildman–Crippen MR) is 67.8 cm³/mol. The highest BCUT2D eigenvalue weighted by Gasteiger charge is 2.47. The average molecular weight is 258 g/mol. The molecule has 0 unspecified atom stereocenters. The molecule has 4 nitrogen and oxygen atoms in total. The lowest BCUT2D eigenvalue weighted by Gasteiger charge is -2.32. The summed E-state index contributed by atoms with van der Waals surface area (Å²) in [7, 11) is 0. The van der Waals surface area contributed by atoms with Crippen molar-refractivity contribution in [2.45, 2.75) is 31.5 Å². The molecule has 2 aliphatic rings. The van der Waals surface area contributed by atoms with Gasteiger partial charge in [-0.15, -0.1) is 0 Å². The minimum atomic E-state index is -0.998. The molecule has 98 valence electrons. The van der Waals surface area contributed by atoms with Crippen molar-refractivity contribution in [2.24, 2.45) is 0 Å². The minimum Gasteiger partial charge on any atom is -0.419 e. The van der Waals surface area contributed by atoms with Gasteiger partial charge >= 0.3 is 11.9 Å². The molecule has 0 N–H and O–H groups in total. The third-order valence-corrected chi connectivity index (χ3v) is 3.47. The van der Waals surface area contributed by atoms with E-state index in [1.54, 1.807) is 0 Å². The highest BCUT2D eigenvalue weighted by atomic mass is 16.7. The number of rotatable bonds is 1. The van der Waals surface area contributed by atoms with Gasteiger partial charge in [0.25, 0.3) is 5.79 Å². The summed E-state index contributed by atoms with van der Waals surface area (Å²) in [6.07, 6.45) is 4.54. The second kappa shape index (κ2) is 4.53. The van der Waals surface area contributed by atoms with Gasteiger partial charge in [-0.2, -0.15) is 0 Å². The largest absolute Gasteiger partial charge is 0.419 e. The summed E-state index contributed by atoms with van der Waals surface area (Å²) in [5.41, 5.74) is 0.734. The number of carbonyl (C=O) groups is 2. The van der Waals surface area contributed by atoms with Gasteiger partial charge in [0, 0.05) is 12.8 Å². The fourth-order valence-electron chi connectivity index (χ4n) is 2.50. The Bertz CT molecular complexity index is 517. The first-order chi connectivity index (χ1) is 9.19. The highest BCUT2D eigenvalue weighted by molar-refractivity contribution is 6.18. The van der Waals surface area contributed by atoms with Crippen molar-refractivity contribution >= 4 is 18.0 Å². The van der Waals surface area contributed by atoms with Crippen LogP contribution in [0.4, 0.5) is 0 Å². The van der Waals surface area contributed by atoms with Crippen LogP contribution in [-0.4, -0.2) is 17.7 Å². The van der Waals surface area contributed by atoms with Crippen LogP contribution in [0.25, 0.3) is 6.08 Å². The first kappa shape index (κ1) is 12.0. The van der Waals surface area contributed by atoms with E-state index in [0.29, 0.717) is 12.8 Å². The van der Waals surface area contributed by atoms with E-state index < -0.39 is 17.7 Å². The highest BCUT2D eigenvalue weighted by Crippen LogP contribution is 2.38. The summed E-state index contributed by atoms with van der Waals surface area (Å²) in [5, 5.41) is 0. The molecule has 2 fully saturated rings. The zero-order valence-corrected chi connectivity index (χ0v) is 10.4. The molecule has 1 aliphatic carbocycles. The predicted octanol–water partition coefficient (Wildman–Crippen LogP) is 2.44. The van der Waals surface area contributed by atoms with E-state index in [1.807, 2.05) is 30.3 Å². The molecule has 0 bridgehead atoms. The zero-order chi connectivity index (χ0) is 13.3. The van der Waals surface area contributed by atoms with E-state index in [9.17, 15) is 9.59 Å². The molecule has 0 amide bonds. The summed E-state index contributed by atoms with van der Waals surface area (Å²) in [5.74, 6) is -2.16. The maximum Gasteiger partial charge on any atom is 0.348 e. The maximum absolute atomic E-state index is 12.0. The fourth-order valence-corrected chi connectivity index (χ4v) is 2.50. The lowest BCUT2D eigenvalue weighted by molar-refractivity contribution is -0.232. The molecule has 0 atom stereocenters. The van der Waals surface area contributed by atoms with Crippen LogP contribution in [0, 0.1) is 0 Å². The molecule has 1 heterocycles. The standard InChI is InChI=1S/C15H14O4/c16-13-12(10-11-6-2-1-3-7-11)14(17)19-15(18-13)8-4-5-9-15/h1-3,6-7,10H,4-5,8-9H2. The van der Waals surface area contributed by atoms with Crippen LogP contribution in [0.1, 0.15) is 31.2 Å².